The second kappa shape index (κ2) is 5.00. The highest BCUT2D eigenvalue weighted by Gasteiger charge is 2.23. The minimum atomic E-state index is -0.398. The summed E-state index contributed by atoms with van der Waals surface area (Å²) in [5, 5.41) is 2.20. The first kappa shape index (κ1) is 12.2. The summed E-state index contributed by atoms with van der Waals surface area (Å²) in [7, 11) is 0. The van der Waals surface area contributed by atoms with Crippen LogP contribution in [0.1, 0.15) is 24.3 Å². The predicted molar refractivity (Wildman–Crippen MR) is 76.3 cm³/mol. The van der Waals surface area contributed by atoms with Crippen molar-refractivity contribution in [2.24, 2.45) is 4.99 Å². The Hall–Kier alpha value is -1.90. The van der Waals surface area contributed by atoms with Crippen LogP contribution < -0.4 is 0 Å². The Morgan fingerprint density at radius 3 is 2.58 bits per heavy atom. The predicted octanol–water partition coefficient (Wildman–Crippen LogP) is 4.50. The van der Waals surface area contributed by atoms with E-state index < -0.39 is 5.82 Å². The highest BCUT2D eigenvalue weighted by atomic mass is 32.1. The summed E-state index contributed by atoms with van der Waals surface area (Å²) in [6, 6.07) is 9.26. The van der Waals surface area contributed by atoms with Crippen LogP contribution in [-0.2, 0) is 0 Å². The van der Waals surface area contributed by atoms with Crippen molar-refractivity contribution in [2.45, 2.75) is 18.8 Å². The molecule has 0 amide bonds. The summed E-state index contributed by atoms with van der Waals surface area (Å²) in [6.45, 7) is 0. The smallest absolute Gasteiger partial charge is 0.151 e. The number of thiocarbonyl (C=S) groups is 1. The Labute approximate surface area is 116 Å². The molecule has 94 valence electrons. The normalized spacial score (nSPS) is 13.9. The minimum absolute atomic E-state index is 0.339. The van der Waals surface area contributed by atoms with E-state index >= 15 is 0 Å². The molecule has 0 spiro atoms. The molecule has 0 aliphatic heterocycles. The Morgan fingerprint density at radius 1 is 1.26 bits per heavy atom. The van der Waals surface area contributed by atoms with E-state index in [0.717, 1.165) is 5.56 Å². The van der Waals surface area contributed by atoms with E-state index in [-0.39, 0.29) is 0 Å². The highest BCUT2D eigenvalue weighted by Crippen LogP contribution is 2.40. The number of nitrogens with zero attached hydrogens (tertiary/aromatic N) is 2. The summed E-state index contributed by atoms with van der Waals surface area (Å²) in [5.74, 6) is 0.303. The molecule has 1 aliphatic carbocycles. The average Bonchev–Trinajstić information content (AvgIpc) is 3.24. The zero-order chi connectivity index (χ0) is 13.2. The average molecular weight is 270 g/mol. The van der Waals surface area contributed by atoms with E-state index in [1.165, 1.54) is 30.7 Å². The summed E-state index contributed by atoms with van der Waals surface area (Å²) >= 11 is 4.48. The molecule has 0 bridgehead atoms. The summed E-state index contributed by atoms with van der Waals surface area (Å²) in [4.78, 5) is 7.81. The van der Waals surface area contributed by atoms with Gasteiger partial charge in [0, 0.05) is 11.6 Å². The van der Waals surface area contributed by atoms with Gasteiger partial charge in [-0.2, -0.15) is 4.99 Å². The molecule has 0 radical (unpaired) electrons. The van der Waals surface area contributed by atoms with Gasteiger partial charge in [0.05, 0.1) is 17.0 Å². The fourth-order valence-electron chi connectivity index (χ4n) is 2.08. The number of aromatic nitrogens is 1. The van der Waals surface area contributed by atoms with Gasteiger partial charge in [-0.15, -0.1) is 0 Å². The molecule has 1 saturated carbocycles. The number of pyridine rings is 1. The van der Waals surface area contributed by atoms with Gasteiger partial charge in [0.1, 0.15) is 5.69 Å². The molecule has 1 aromatic heterocycles. The van der Waals surface area contributed by atoms with Crippen LogP contribution in [0.25, 0.3) is 11.3 Å². The fourth-order valence-corrected chi connectivity index (χ4v) is 2.19. The number of rotatable bonds is 3. The summed E-state index contributed by atoms with van der Waals surface area (Å²) in [5.41, 5.74) is 2.82. The van der Waals surface area contributed by atoms with E-state index in [1.807, 2.05) is 12.1 Å². The molecule has 1 aromatic carbocycles. The second-order valence-electron chi connectivity index (χ2n) is 4.62. The number of isothiocyanates is 1. The van der Waals surface area contributed by atoms with E-state index in [2.05, 4.69) is 39.5 Å². The highest BCUT2D eigenvalue weighted by molar-refractivity contribution is 7.78. The van der Waals surface area contributed by atoms with Crippen LogP contribution >= 0.6 is 12.2 Å². The molecule has 0 atom stereocenters. The lowest BCUT2D eigenvalue weighted by Crippen LogP contribution is -1.89. The Bertz CT molecular complexity index is 656. The number of halogens is 1. The van der Waals surface area contributed by atoms with Crippen LogP contribution in [0.15, 0.2) is 41.5 Å². The molecule has 2 aromatic rings. The van der Waals surface area contributed by atoms with Crippen LogP contribution in [0, 0.1) is 5.82 Å². The lowest BCUT2D eigenvalue weighted by Gasteiger charge is -2.04. The van der Waals surface area contributed by atoms with E-state index in [9.17, 15) is 4.39 Å². The zero-order valence-electron chi connectivity index (χ0n) is 10.1. The third-order valence-electron chi connectivity index (χ3n) is 3.23. The molecule has 4 heteroatoms. The molecule has 1 heterocycles. The maximum absolute atomic E-state index is 13.9. The topological polar surface area (TPSA) is 25.2 Å². The molecule has 2 nitrogen and oxygen atoms in total. The third kappa shape index (κ3) is 2.60. The van der Waals surface area contributed by atoms with Gasteiger partial charge in [-0.3, -0.25) is 4.98 Å². The first-order chi connectivity index (χ1) is 9.28. The molecule has 1 aliphatic rings. The number of aliphatic imine (C=N–C) groups is 1. The van der Waals surface area contributed by atoms with Crippen molar-refractivity contribution in [1.82, 2.24) is 4.98 Å². The zero-order valence-corrected chi connectivity index (χ0v) is 11.0. The van der Waals surface area contributed by atoms with Crippen LogP contribution in [0.2, 0.25) is 0 Å². The van der Waals surface area contributed by atoms with Crippen molar-refractivity contribution in [3.8, 4) is 11.3 Å². The molecular formula is C15H11FN2S. The van der Waals surface area contributed by atoms with Gasteiger partial charge in [-0.1, -0.05) is 24.3 Å². The Balaban J connectivity index is 1.94. The quantitative estimate of drug-likeness (QED) is 0.606. The Kier molecular flexibility index (Phi) is 3.20. The van der Waals surface area contributed by atoms with Crippen molar-refractivity contribution < 1.29 is 4.39 Å². The van der Waals surface area contributed by atoms with Crippen molar-refractivity contribution >= 4 is 23.1 Å². The molecule has 0 saturated heterocycles. The second-order valence-corrected chi connectivity index (χ2v) is 4.81. The fraction of sp³-hybridized carbons (Fsp3) is 0.200. The van der Waals surface area contributed by atoms with Gasteiger partial charge in [0.25, 0.3) is 0 Å². The molecule has 0 unspecified atom stereocenters. The molecule has 0 N–H and O–H groups in total. The van der Waals surface area contributed by atoms with Crippen LogP contribution in [0.5, 0.6) is 0 Å². The van der Waals surface area contributed by atoms with E-state index in [1.54, 1.807) is 0 Å². The van der Waals surface area contributed by atoms with Gasteiger partial charge in [0.2, 0.25) is 0 Å². The molecule has 19 heavy (non-hydrogen) atoms. The molecular weight excluding hydrogens is 259 g/mol. The minimum Gasteiger partial charge on any atom is -0.251 e. The van der Waals surface area contributed by atoms with Crippen molar-refractivity contribution in [1.29, 1.82) is 0 Å². The van der Waals surface area contributed by atoms with Gasteiger partial charge in [0.15, 0.2) is 5.82 Å². The SMILES string of the molecule is Fc1cc(N=C=S)cnc1-c1ccc(C2CC2)cc1. The standard InChI is InChI=1S/C15H11FN2S/c16-14-7-13(18-9-19)8-17-15(14)12-5-3-11(4-6-12)10-1-2-10/h3-8,10H,1-2H2. The molecule has 1 fully saturated rings. The first-order valence-electron chi connectivity index (χ1n) is 6.11. The lowest BCUT2D eigenvalue weighted by atomic mass is 10.1. The summed E-state index contributed by atoms with van der Waals surface area (Å²) in [6.07, 6.45) is 4.01. The maximum Gasteiger partial charge on any atom is 0.151 e. The van der Waals surface area contributed by atoms with Gasteiger partial charge in [-0.05, 0) is 36.5 Å². The lowest BCUT2D eigenvalue weighted by molar-refractivity contribution is 0.626. The Morgan fingerprint density at radius 2 is 2.00 bits per heavy atom. The number of hydrogen-bond acceptors (Lipinski definition) is 3. The first-order valence-corrected chi connectivity index (χ1v) is 6.52. The van der Waals surface area contributed by atoms with E-state index in [0.29, 0.717) is 17.3 Å². The van der Waals surface area contributed by atoms with E-state index in [4.69, 9.17) is 0 Å². The maximum atomic E-state index is 13.9. The van der Waals surface area contributed by atoms with Crippen molar-refractivity contribution in [3.05, 3.63) is 47.9 Å². The van der Waals surface area contributed by atoms with Gasteiger partial charge >= 0.3 is 0 Å². The monoisotopic (exact) mass is 270 g/mol. The molecule has 3 rings (SSSR count). The number of benzene rings is 1. The van der Waals surface area contributed by atoms with Gasteiger partial charge in [-0.25, -0.2) is 4.39 Å². The third-order valence-corrected chi connectivity index (χ3v) is 3.33. The largest absolute Gasteiger partial charge is 0.251 e. The van der Waals surface area contributed by atoms with Crippen molar-refractivity contribution in [3.63, 3.8) is 0 Å². The number of hydrogen-bond donors (Lipinski definition) is 0. The van der Waals surface area contributed by atoms with Crippen molar-refractivity contribution in [2.75, 3.05) is 0 Å². The van der Waals surface area contributed by atoms with Gasteiger partial charge < -0.3 is 0 Å². The van der Waals surface area contributed by atoms with Crippen LogP contribution in [-0.4, -0.2) is 10.1 Å². The van der Waals surface area contributed by atoms with Crippen LogP contribution in [0.3, 0.4) is 0 Å². The van der Waals surface area contributed by atoms with Crippen LogP contribution in [0.4, 0.5) is 10.1 Å². The summed E-state index contributed by atoms with van der Waals surface area (Å²) < 4.78 is 13.9.